The second-order valence-electron chi connectivity index (χ2n) is 6.48. The van der Waals surface area contributed by atoms with Gasteiger partial charge in [0.15, 0.2) is 0 Å². The Hall–Kier alpha value is -2.09. The first kappa shape index (κ1) is 19.7. The van der Waals surface area contributed by atoms with Crippen molar-refractivity contribution in [1.29, 1.82) is 0 Å². The van der Waals surface area contributed by atoms with Crippen LogP contribution in [-0.2, 0) is 4.79 Å². The number of hydrogen-bond acceptors (Lipinski definition) is 5. The first-order chi connectivity index (χ1) is 13.0. The Morgan fingerprint density at radius 1 is 1.19 bits per heavy atom. The number of benzene rings is 1. The molecule has 2 aromatic rings. The molecule has 0 spiro atoms. The van der Waals surface area contributed by atoms with Crippen molar-refractivity contribution in [3.63, 3.8) is 0 Å². The highest BCUT2D eigenvalue weighted by Crippen LogP contribution is 2.30. The fourth-order valence-corrected chi connectivity index (χ4v) is 3.74. The normalized spacial score (nSPS) is 14.8. The lowest BCUT2D eigenvalue weighted by molar-refractivity contribution is -0.116. The van der Waals surface area contributed by atoms with Gasteiger partial charge in [-0.05, 0) is 36.7 Å². The predicted octanol–water partition coefficient (Wildman–Crippen LogP) is 2.91. The molecule has 6 nitrogen and oxygen atoms in total. The number of hydrogen-bond donors (Lipinski definition) is 2. The standard InChI is InChI=1S/C19H23ClN4O2S/c1-23-8-10-24(11-9-23)16-5-4-14(20)13-15(16)22-18(25)6-7-21-19(26)17-3-2-12-27-17/h2-5,12-13H,6-11H2,1H3,(H,21,26)(H,22,25). The van der Waals surface area contributed by atoms with Gasteiger partial charge in [0.1, 0.15) is 0 Å². The molecule has 1 aromatic heterocycles. The maximum absolute atomic E-state index is 12.3. The minimum Gasteiger partial charge on any atom is -0.367 e. The van der Waals surface area contributed by atoms with Crippen molar-refractivity contribution in [1.82, 2.24) is 10.2 Å². The summed E-state index contributed by atoms with van der Waals surface area (Å²) in [4.78, 5) is 29.4. The average molecular weight is 407 g/mol. The molecule has 0 aliphatic carbocycles. The van der Waals surface area contributed by atoms with Crippen molar-refractivity contribution in [3.8, 4) is 0 Å². The van der Waals surface area contributed by atoms with E-state index in [9.17, 15) is 9.59 Å². The minimum absolute atomic E-state index is 0.154. The lowest BCUT2D eigenvalue weighted by Crippen LogP contribution is -2.44. The number of carbonyl (C=O) groups excluding carboxylic acids is 2. The summed E-state index contributed by atoms with van der Waals surface area (Å²) in [5.74, 6) is -0.308. The monoisotopic (exact) mass is 406 g/mol. The second-order valence-corrected chi connectivity index (χ2v) is 7.87. The van der Waals surface area contributed by atoms with E-state index in [1.54, 1.807) is 12.1 Å². The zero-order valence-corrected chi connectivity index (χ0v) is 16.8. The molecule has 0 atom stereocenters. The third-order valence-corrected chi connectivity index (χ3v) is 5.56. The summed E-state index contributed by atoms with van der Waals surface area (Å²) >= 11 is 7.51. The topological polar surface area (TPSA) is 64.7 Å². The van der Waals surface area contributed by atoms with Gasteiger partial charge in [-0.3, -0.25) is 9.59 Å². The van der Waals surface area contributed by atoms with E-state index in [2.05, 4.69) is 27.5 Å². The Balaban J connectivity index is 1.56. The van der Waals surface area contributed by atoms with E-state index >= 15 is 0 Å². The first-order valence-corrected chi connectivity index (χ1v) is 10.1. The molecule has 1 aromatic carbocycles. The van der Waals surface area contributed by atoms with Crippen LogP contribution in [0.25, 0.3) is 0 Å². The van der Waals surface area contributed by atoms with E-state index in [1.807, 2.05) is 23.6 Å². The maximum atomic E-state index is 12.3. The summed E-state index contributed by atoms with van der Waals surface area (Å²) in [5.41, 5.74) is 1.69. The van der Waals surface area contributed by atoms with Gasteiger partial charge >= 0.3 is 0 Å². The lowest BCUT2D eigenvalue weighted by Gasteiger charge is -2.35. The van der Waals surface area contributed by atoms with Crippen molar-refractivity contribution >= 4 is 46.1 Å². The number of nitrogens with zero attached hydrogens (tertiary/aromatic N) is 2. The van der Waals surface area contributed by atoms with E-state index in [0.29, 0.717) is 15.6 Å². The van der Waals surface area contributed by atoms with Crippen molar-refractivity contribution in [2.75, 3.05) is 50.0 Å². The average Bonchev–Trinajstić information content (AvgIpc) is 3.17. The zero-order valence-electron chi connectivity index (χ0n) is 15.2. The van der Waals surface area contributed by atoms with Crippen molar-refractivity contribution in [3.05, 3.63) is 45.6 Å². The predicted molar refractivity (Wildman–Crippen MR) is 111 cm³/mol. The molecule has 0 bridgehead atoms. The minimum atomic E-state index is -0.154. The van der Waals surface area contributed by atoms with Crippen molar-refractivity contribution in [2.45, 2.75) is 6.42 Å². The number of amides is 2. The number of thiophene rings is 1. The Morgan fingerprint density at radius 3 is 2.67 bits per heavy atom. The Morgan fingerprint density at radius 2 is 1.96 bits per heavy atom. The Kier molecular flexibility index (Phi) is 6.71. The molecule has 0 unspecified atom stereocenters. The largest absolute Gasteiger partial charge is 0.367 e. The summed E-state index contributed by atoms with van der Waals surface area (Å²) in [7, 11) is 2.10. The molecule has 0 radical (unpaired) electrons. The van der Waals surface area contributed by atoms with Gasteiger partial charge in [0, 0.05) is 44.2 Å². The summed E-state index contributed by atoms with van der Waals surface area (Å²) in [5, 5.41) is 8.13. The lowest BCUT2D eigenvalue weighted by atomic mass is 10.2. The van der Waals surface area contributed by atoms with Gasteiger partial charge < -0.3 is 20.4 Å². The number of carbonyl (C=O) groups is 2. The van der Waals surface area contributed by atoms with Crippen LogP contribution in [0.5, 0.6) is 0 Å². The SMILES string of the molecule is CN1CCN(c2ccc(Cl)cc2NC(=O)CCNC(=O)c2cccs2)CC1. The van der Waals surface area contributed by atoms with Crippen LogP contribution < -0.4 is 15.5 Å². The maximum Gasteiger partial charge on any atom is 0.261 e. The van der Waals surface area contributed by atoms with Crippen LogP contribution in [0.1, 0.15) is 16.1 Å². The molecule has 2 N–H and O–H groups in total. The molecule has 0 saturated carbocycles. The van der Waals surface area contributed by atoms with Crippen LogP contribution in [0, 0.1) is 0 Å². The quantitative estimate of drug-likeness (QED) is 0.774. The summed E-state index contributed by atoms with van der Waals surface area (Å²) in [6, 6.07) is 9.14. The molecule has 8 heteroatoms. The highest BCUT2D eigenvalue weighted by Gasteiger charge is 2.18. The number of anilines is 2. The molecule has 1 aliphatic rings. The van der Waals surface area contributed by atoms with Crippen LogP contribution in [0.3, 0.4) is 0 Å². The van der Waals surface area contributed by atoms with Gasteiger partial charge in [0.05, 0.1) is 16.3 Å². The number of rotatable bonds is 6. The van der Waals surface area contributed by atoms with E-state index in [4.69, 9.17) is 11.6 Å². The highest BCUT2D eigenvalue weighted by atomic mass is 35.5. The molecule has 1 saturated heterocycles. The van der Waals surface area contributed by atoms with Gasteiger partial charge in [-0.1, -0.05) is 17.7 Å². The van der Waals surface area contributed by atoms with E-state index in [1.165, 1.54) is 11.3 Å². The zero-order chi connectivity index (χ0) is 19.2. The number of piperazine rings is 1. The molecule has 3 rings (SSSR count). The second kappa shape index (κ2) is 9.21. The summed E-state index contributed by atoms with van der Waals surface area (Å²) in [6.45, 7) is 4.04. The van der Waals surface area contributed by atoms with Crippen molar-refractivity contribution in [2.24, 2.45) is 0 Å². The molecule has 144 valence electrons. The Bertz CT molecular complexity index is 789. The molecule has 1 aliphatic heterocycles. The summed E-state index contributed by atoms with van der Waals surface area (Å²) in [6.07, 6.45) is 0.200. The first-order valence-electron chi connectivity index (χ1n) is 8.87. The van der Waals surface area contributed by atoms with E-state index in [0.717, 1.165) is 31.9 Å². The highest BCUT2D eigenvalue weighted by molar-refractivity contribution is 7.12. The van der Waals surface area contributed by atoms with Gasteiger partial charge in [-0.15, -0.1) is 11.3 Å². The number of likely N-dealkylation sites (N-methyl/N-ethyl adjacent to an activating group) is 1. The van der Waals surface area contributed by atoms with Gasteiger partial charge in [0.2, 0.25) is 5.91 Å². The van der Waals surface area contributed by atoms with Gasteiger partial charge in [-0.2, -0.15) is 0 Å². The molecule has 2 amide bonds. The van der Waals surface area contributed by atoms with Gasteiger partial charge in [0.25, 0.3) is 5.91 Å². The molecule has 27 heavy (non-hydrogen) atoms. The number of halogens is 1. The molecule has 1 fully saturated rings. The third-order valence-electron chi connectivity index (χ3n) is 4.46. The van der Waals surface area contributed by atoms with Crippen molar-refractivity contribution < 1.29 is 9.59 Å². The van der Waals surface area contributed by atoms with E-state index < -0.39 is 0 Å². The van der Waals surface area contributed by atoms with Crippen LogP contribution in [-0.4, -0.2) is 56.5 Å². The molecular formula is C19H23ClN4O2S. The fourth-order valence-electron chi connectivity index (χ4n) is 2.93. The number of nitrogens with one attached hydrogen (secondary N) is 2. The van der Waals surface area contributed by atoms with Crippen LogP contribution >= 0.6 is 22.9 Å². The third kappa shape index (κ3) is 5.45. The van der Waals surface area contributed by atoms with Crippen LogP contribution in [0.4, 0.5) is 11.4 Å². The molecule has 2 heterocycles. The van der Waals surface area contributed by atoms with Gasteiger partial charge in [-0.25, -0.2) is 0 Å². The Labute approximate surface area is 168 Å². The molecular weight excluding hydrogens is 384 g/mol. The van der Waals surface area contributed by atoms with Crippen LogP contribution in [0.15, 0.2) is 35.7 Å². The fraction of sp³-hybridized carbons (Fsp3) is 0.368. The van der Waals surface area contributed by atoms with E-state index in [-0.39, 0.29) is 24.8 Å². The summed E-state index contributed by atoms with van der Waals surface area (Å²) < 4.78 is 0. The smallest absolute Gasteiger partial charge is 0.261 e. The van der Waals surface area contributed by atoms with Crippen LogP contribution in [0.2, 0.25) is 5.02 Å².